The third kappa shape index (κ3) is 3.19. The van der Waals surface area contributed by atoms with E-state index in [0.717, 1.165) is 10.9 Å². The van der Waals surface area contributed by atoms with Gasteiger partial charge in [-0.1, -0.05) is 12.1 Å². The van der Waals surface area contributed by atoms with E-state index in [1.165, 1.54) is 11.8 Å². The van der Waals surface area contributed by atoms with E-state index in [2.05, 4.69) is 9.97 Å². The summed E-state index contributed by atoms with van der Waals surface area (Å²) in [7, 11) is 3.51. The number of hydrogen-bond acceptors (Lipinski definition) is 5. The topological polar surface area (TPSA) is 72.1 Å². The summed E-state index contributed by atoms with van der Waals surface area (Å²) in [5.41, 5.74) is 6.77. The van der Waals surface area contributed by atoms with Crippen molar-refractivity contribution in [1.82, 2.24) is 14.9 Å². The standard InChI is InChI=1S/C14H18N4OS/c1-9(14(19)18(2)3)20-8-12-16-11-7-5-4-6-10(11)13(15)17-12/h4-7,9H,8H2,1-3H3,(H2,15,16,17)/t9-/m0/s1. The molecule has 6 heteroatoms. The van der Waals surface area contributed by atoms with Crippen molar-refractivity contribution < 1.29 is 4.79 Å². The number of anilines is 1. The van der Waals surface area contributed by atoms with E-state index in [4.69, 9.17) is 5.73 Å². The van der Waals surface area contributed by atoms with Gasteiger partial charge in [0.2, 0.25) is 5.91 Å². The first kappa shape index (κ1) is 14.6. The smallest absolute Gasteiger partial charge is 0.234 e. The number of benzene rings is 1. The lowest BCUT2D eigenvalue weighted by Gasteiger charge is -2.16. The summed E-state index contributed by atoms with van der Waals surface area (Å²) in [6.45, 7) is 1.89. The van der Waals surface area contributed by atoms with Crippen LogP contribution in [0.2, 0.25) is 0 Å². The van der Waals surface area contributed by atoms with Crippen LogP contribution in [0.1, 0.15) is 12.7 Å². The number of hydrogen-bond donors (Lipinski definition) is 1. The molecule has 0 saturated carbocycles. The van der Waals surface area contributed by atoms with Gasteiger partial charge in [0.25, 0.3) is 0 Å². The fourth-order valence-electron chi connectivity index (χ4n) is 1.85. The number of carbonyl (C=O) groups is 1. The maximum Gasteiger partial charge on any atom is 0.234 e. The number of rotatable bonds is 4. The molecule has 1 aromatic carbocycles. The quantitative estimate of drug-likeness (QED) is 0.931. The van der Waals surface area contributed by atoms with Crippen molar-refractivity contribution in [2.45, 2.75) is 17.9 Å². The molecule has 106 valence electrons. The fourth-order valence-corrected chi connectivity index (χ4v) is 2.73. The number of nitrogens with zero attached hydrogens (tertiary/aromatic N) is 3. The third-order valence-electron chi connectivity index (χ3n) is 2.93. The zero-order valence-corrected chi connectivity index (χ0v) is 12.6. The van der Waals surface area contributed by atoms with Crippen LogP contribution in [0, 0.1) is 0 Å². The van der Waals surface area contributed by atoms with E-state index in [0.29, 0.717) is 17.4 Å². The molecule has 0 bridgehead atoms. The Morgan fingerprint density at radius 2 is 2.05 bits per heavy atom. The molecule has 20 heavy (non-hydrogen) atoms. The second-order valence-corrected chi connectivity index (χ2v) is 6.06. The Morgan fingerprint density at radius 3 is 2.75 bits per heavy atom. The second-order valence-electron chi connectivity index (χ2n) is 4.73. The second kappa shape index (κ2) is 6.09. The van der Waals surface area contributed by atoms with Crippen molar-refractivity contribution in [2.24, 2.45) is 0 Å². The molecule has 0 fully saturated rings. The number of para-hydroxylation sites is 1. The summed E-state index contributed by atoms with van der Waals surface area (Å²) in [5.74, 6) is 1.79. The van der Waals surface area contributed by atoms with Crippen molar-refractivity contribution in [2.75, 3.05) is 19.8 Å². The molecule has 2 aromatic rings. The van der Waals surface area contributed by atoms with Crippen LogP contribution in [0.5, 0.6) is 0 Å². The summed E-state index contributed by atoms with van der Waals surface area (Å²) in [6, 6.07) is 7.65. The lowest BCUT2D eigenvalue weighted by molar-refractivity contribution is -0.127. The zero-order valence-electron chi connectivity index (χ0n) is 11.8. The van der Waals surface area contributed by atoms with E-state index < -0.39 is 0 Å². The van der Waals surface area contributed by atoms with Gasteiger partial charge in [0.15, 0.2) is 0 Å². The number of aromatic nitrogens is 2. The number of amides is 1. The van der Waals surface area contributed by atoms with Crippen LogP contribution >= 0.6 is 11.8 Å². The molecule has 1 atom stereocenters. The van der Waals surface area contributed by atoms with Crippen molar-refractivity contribution in [3.63, 3.8) is 0 Å². The van der Waals surface area contributed by atoms with Crippen molar-refractivity contribution >= 4 is 34.4 Å². The first-order valence-electron chi connectivity index (χ1n) is 6.33. The van der Waals surface area contributed by atoms with E-state index >= 15 is 0 Å². The zero-order chi connectivity index (χ0) is 14.7. The molecular weight excluding hydrogens is 272 g/mol. The summed E-state index contributed by atoms with van der Waals surface area (Å²) in [5, 5.41) is 0.736. The Hall–Kier alpha value is -1.82. The number of nitrogen functional groups attached to an aromatic ring is 1. The normalized spacial score (nSPS) is 12.3. The minimum atomic E-state index is -0.124. The summed E-state index contributed by atoms with van der Waals surface area (Å²) < 4.78 is 0. The molecule has 1 heterocycles. The highest BCUT2D eigenvalue weighted by Gasteiger charge is 2.16. The van der Waals surface area contributed by atoms with Gasteiger partial charge in [0.05, 0.1) is 16.5 Å². The van der Waals surface area contributed by atoms with E-state index in [9.17, 15) is 4.79 Å². The molecule has 0 unspecified atom stereocenters. The van der Waals surface area contributed by atoms with Gasteiger partial charge < -0.3 is 10.6 Å². The Bertz CT molecular complexity index is 630. The molecule has 0 spiro atoms. The summed E-state index contributed by atoms with van der Waals surface area (Å²) >= 11 is 1.51. The van der Waals surface area contributed by atoms with Gasteiger partial charge >= 0.3 is 0 Å². The molecule has 0 aliphatic rings. The van der Waals surface area contributed by atoms with Gasteiger partial charge in [0.1, 0.15) is 11.6 Å². The number of thioether (sulfide) groups is 1. The molecule has 0 saturated heterocycles. The van der Waals surface area contributed by atoms with Crippen molar-refractivity contribution in [3.05, 3.63) is 30.1 Å². The van der Waals surface area contributed by atoms with Gasteiger partial charge in [-0.05, 0) is 19.1 Å². The third-order valence-corrected chi connectivity index (χ3v) is 4.06. The molecule has 1 amide bonds. The molecule has 0 aliphatic carbocycles. The summed E-state index contributed by atoms with van der Waals surface area (Å²) in [4.78, 5) is 22.1. The number of carbonyl (C=O) groups excluding carboxylic acids is 1. The van der Waals surface area contributed by atoms with Gasteiger partial charge in [-0.3, -0.25) is 4.79 Å². The maximum absolute atomic E-state index is 11.8. The highest BCUT2D eigenvalue weighted by atomic mass is 32.2. The summed E-state index contributed by atoms with van der Waals surface area (Å²) in [6.07, 6.45) is 0. The van der Waals surface area contributed by atoms with Crippen molar-refractivity contribution in [3.8, 4) is 0 Å². The predicted octanol–water partition coefficient (Wildman–Crippen LogP) is 1.92. The van der Waals surface area contributed by atoms with Gasteiger partial charge in [-0.25, -0.2) is 9.97 Å². The average Bonchev–Trinajstić information content (AvgIpc) is 2.44. The molecule has 5 nitrogen and oxygen atoms in total. The van der Waals surface area contributed by atoms with Crippen LogP contribution in [0.3, 0.4) is 0 Å². The van der Waals surface area contributed by atoms with Gasteiger partial charge in [-0.15, -0.1) is 11.8 Å². The number of fused-ring (bicyclic) bond motifs is 1. The Labute approximate surface area is 122 Å². The highest BCUT2D eigenvalue weighted by molar-refractivity contribution is 7.99. The minimum Gasteiger partial charge on any atom is -0.383 e. The lowest BCUT2D eigenvalue weighted by atomic mass is 10.2. The Balaban J connectivity index is 2.13. The molecule has 0 aliphatic heterocycles. The van der Waals surface area contributed by atoms with Crippen LogP contribution in [0.25, 0.3) is 10.9 Å². The van der Waals surface area contributed by atoms with Crippen LogP contribution < -0.4 is 5.73 Å². The molecular formula is C14H18N4OS. The first-order chi connectivity index (χ1) is 9.49. The highest BCUT2D eigenvalue weighted by Crippen LogP contribution is 2.21. The molecule has 0 radical (unpaired) electrons. The van der Waals surface area contributed by atoms with E-state index in [1.54, 1.807) is 19.0 Å². The van der Waals surface area contributed by atoms with Crippen molar-refractivity contribution in [1.29, 1.82) is 0 Å². The maximum atomic E-state index is 11.8. The molecule has 1 aromatic heterocycles. The Morgan fingerprint density at radius 1 is 1.35 bits per heavy atom. The van der Waals surface area contributed by atoms with Crippen LogP contribution in [0.15, 0.2) is 24.3 Å². The lowest BCUT2D eigenvalue weighted by Crippen LogP contribution is -2.29. The Kier molecular flexibility index (Phi) is 4.44. The monoisotopic (exact) mass is 290 g/mol. The minimum absolute atomic E-state index is 0.0868. The SMILES string of the molecule is C[C@H](SCc1nc(N)c2ccccc2n1)C(=O)N(C)C. The van der Waals surface area contributed by atoms with Gasteiger partial charge in [0, 0.05) is 19.5 Å². The first-order valence-corrected chi connectivity index (χ1v) is 7.38. The van der Waals surface area contributed by atoms with Crippen LogP contribution in [-0.2, 0) is 10.5 Å². The largest absolute Gasteiger partial charge is 0.383 e. The average molecular weight is 290 g/mol. The fraction of sp³-hybridized carbons (Fsp3) is 0.357. The van der Waals surface area contributed by atoms with Crippen LogP contribution in [0.4, 0.5) is 5.82 Å². The van der Waals surface area contributed by atoms with Crippen LogP contribution in [-0.4, -0.2) is 40.1 Å². The molecule has 2 rings (SSSR count). The van der Waals surface area contributed by atoms with E-state index in [-0.39, 0.29) is 11.2 Å². The predicted molar refractivity (Wildman–Crippen MR) is 83.4 cm³/mol. The number of nitrogens with two attached hydrogens (primary N) is 1. The molecule has 2 N–H and O–H groups in total. The van der Waals surface area contributed by atoms with Gasteiger partial charge in [-0.2, -0.15) is 0 Å². The van der Waals surface area contributed by atoms with E-state index in [1.807, 2.05) is 31.2 Å².